The quantitative estimate of drug-likeness (QED) is 0.825. The molecule has 2 rings (SSSR count). The van der Waals surface area contributed by atoms with Gasteiger partial charge in [0.15, 0.2) is 0 Å². The minimum absolute atomic E-state index is 0.111. The number of hydrogen-bond donors (Lipinski definition) is 1. The van der Waals surface area contributed by atoms with E-state index in [1.54, 1.807) is 6.08 Å². The van der Waals surface area contributed by atoms with Gasteiger partial charge >= 0.3 is 0 Å². The lowest BCUT2D eigenvalue weighted by atomic mass is 10.1. The second kappa shape index (κ2) is 6.20. The summed E-state index contributed by atoms with van der Waals surface area (Å²) in [7, 11) is 0. The Labute approximate surface area is 120 Å². The molecule has 0 fully saturated rings. The van der Waals surface area contributed by atoms with Gasteiger partial charge in [-0.05, 0) is 49.6 Å². The van der Waals surface area contributed by atoms with E-state index in [1.807, 2.05) is 69.3 Å². The molecule has 0 bridgehead atoms. The van der Waals surface area contributed by atoms with Crippen LogP contribution in [0.4, 0.5) is 5.69 Å². The molecular weight excluding hydrogens is 246 g/mol. The van der Waals surface area contributed by atoms with Crippen molar-refractivity contribution in [1.82, 2.24) is 0 Å². The number of amides is 1. The average Bonchev–Trinajstić information content (AvgIpc) is 2.42. The molecule has 0 aliphatic rings. The molecule has 0 heterocycles. The van der Waals surface area contributed by atoms with Crippen LogP contribution in [-0.2, 0) is 4.79 Å². The molecule has 20 heavy (non-hydrogen) atoms. The molecule has 2 nitrogen and oxygen atoms in total. The Morgan fingerprint density at radius 3 is 2.55 bits per heavy atom. The van der Waals surface area contributed by atoms with E-state index < -0.39 is 0 Å². The zero-order valence-electron chi connectivity index (χ0n) is 12.1. The van der Waals surface area contributed by atoms with Crippen LogP contribution in [0.1, 0.15) is 22.3 Å². The lowest BCUT2D eigenvalue weighted by molar-refractivity contribution is -0.111. The maximum atomic E-state index is 11.9. The second-order valence-corrected chi connectivity index (χ2v) is 4.98. The Morgan fingerprint density at radius 1 is 1.05 bits per heavy atom. The molecular formula is C18H19NO. The van der Waals surface area contributed by atoms with Crippen LogP contribution in [0, 0.1) is 20.8 Å². The van der Waals surface area contributed by atoms with Crippen molar-refractivity contribution < 1.29 is 4.79 Å². The maximum Gasteiger partial charge on any atom is 0.248 e. The summed E-state index contributed by atoms with van der Waals surface area (Å²) in [4.78, 5) is 11.9. The Kier molecular flexibility index (Phi) is 4.36. The number of anilines is 1. The second-order valence-electron chi connectivity index (χ2n) is 4.98. The third-order valence-corrected chi connectivity index (χ3v) is 3.33. The van der Waals surface area contributed by atoms with E-state index >= 15 is 0 Å². The van der Waals surface area contributed by atoms with Crippen molar-refractivity contribution in [2.75, 3.05) is 5.32 Å². The first-order valence-corrected chi connectivity index (χ1v) is 6.68. The molecule has 2 heteroatoms. The number of benzene rings is 2. The summed E-state index contributed by atoms with van der Waals surface area (Å²) >= 11 is 0. The highest BCUT2D eigenvalue weighted by Gasteiger charge is 2.02. The number of nitrogens with one attached hydrogen (secondary N) is 1. The fourth-order valence-corrected chi connectivity index (χ4v) is 2.01. The normalized spacial score (nSPS) is 10.8. The topological polar surface area (TPSA) is 29.1 Å². The first-order valence-electron chi connectivity index (χ1n) is 6.68. The summed E-state index contributed by atoms with van der Waals surface area (Å²) < 4.78 is 0. The monoisotopic (exact) mass is 265 g/mol. The van der Waals surface area contributed by atoms with Gasteiger partial charge in [0.2, 0.25) is 5.91 Å². The first-order chi connectivity index (χ1) is 9.56. The van der Waals surface area contributed by atoms with Crippen molar-refractivity contribution in [2.24, 2.45) is 0 Å². The summed E-state index contributed by atoms with van der Waals surface area (Å²) in [5.74, 6) is -0.111. The third-order valence-electron chi connectivity index (χ3n) is 3.33. The molecule has 1 amide bonds. The zero-order valence-corrected chi connectivity index (χ0v) is 12.1. The van der Waals surface area contributed by atoms with Crippen molar-refractivity contribution in [3.8, 4) is 0 Å². The summed E-state index contributed by atoms with van der Waals surface area (Å²) in [6.45, 7) is 6.08. The molecule has 0 unspecified atom stereocenters. The molecule has 102 valence electrons. The highest BCUT2D eigenvalue weighted by atomic mass is 16.1. The molecule has 0 atom stereocenters. The first kappa shape index (κ1) is 14.1. The Morgan fingerprint density at radius 2 is 1.80 bits per heavy atom. The molecule has 0 radical (unpaired) electrons. The number of carbonyl (C=O) groups excluding carboxylic acids is 1. The lowest BCUT2D eigenvalue weighted by Gasteiger charge is -2.08. The highest BCUT2D eigenvalue weighted by molar-refractivity contribution is 6.02. The lowest BCUT2D eigenvalue weighted by Crippen LogP contribution is -2.09. The van der Waals surface area contributed by atoms with Gasteiger partial charge in [-0.1, -0.05) is 42.0 Å². The Bertz CT molecular complexity index is 656. The SMILES string of the molecule is Cc1cccc(/C=C/C(=O)Nc2cccc(C)c2C)c1. The standard InChI is InChI=1S/C18H19NO/c1-13-6-4-8-16(12-13)10-11-18(20)19-17-9-5-7-14(2)15(17)3/h4-12H,1-3H3,(H,19,20)/b11-10+. The molecule has 0 saturated heterocycles. The summed E-state index contributed by atoms with van der Waals surface area (Å²) in [6, 6.07) is 13.9. The van der Waals surface area contributed by atoms with Crippen molar-refractivity contribution >= 4 is 17.7 Å². The molecule has 2 aromatic carbocycles. The number of carbonyl (C=O) groups is 1. The highest BCUT2D eigenvalue weighted by Crippen LogP contribution is 2.18. The van der Waals surface area contributed by atoms with Crippen LogP contribution in [0.15, 0.2) is 48.5 Å². The van der Waals surface area contributed by atoms with Crippen molar-refractivity contribution in [3.63, 3.8) is 0 Å². The van der Waals surface area contributed by atoms with Gasteiger partial charge in [0.1, 0.15) is 0 Å². The summed E-state index contributed by atoms with van der Waals surface area (Å²) in [5.41, 5.74) is 5.35. The van der Waals surface area contributed by atoms with Crippen LogP contribution < -0.4 is 5.32 Å². The summed E-state index contributed by atoms with van der Waals surface area (Å²) in [5, 5.41) is 2.91. The minimum atomic E-state index is -0.111. The Hall–Kier alpha value is -2.35. The van der Waals surface area contributed by atoms with Crippen LogP contribution in [0.25, 0.3) is 6.08 Å². The molecule has 2 aromatic rings. The van der Waals surface area contributed by atoms with Crippen LogP contribution in [-0.4, -0.2) is 5.91 Å². The van der Waals surface area contributed by atoms with Gasteiger partial charge in [-0.15, -0.1) is 0 Å². The van der Waals surface area contributed by atoms with E-state index in [0.29, 0.717) is 0 Å². The van der Waals surface area contributed by atoms with Crippen LogP contribution in [0.2, 0.25) is 0 Å². The van der Waals surface area contributed by atoms with E-state index in [9.17, 15) is 4.79 Å². The molecule has 0 spiro atoms. The molecule has 0 saturated carbocycles. The van der Waals surface area contributed by atoms with Gasteiger partial charge in [-0.25, -0.2) is 0 Å². The zero-order chi connectivity index (χ0) is 14.5. The molecule has 1 N–H and O–H groups in total. The van der Waals surface area contributed by atoms with E-state index in [1.165, 1.54) is 11.1 Å². The third kappa shape index (κ3) is 3.58. The molecule has 0 aliphatic carbocycles. The maximum absolute atomic E-state index is 11.9. The Balaban J connectivity index is 2.08. The van der Waals surface area contributed by atoms with E-state index in [2.05, 4.69) is 5.32 Å². The van der Waals surface area contributed by atoms with Crippen molar-refractivity contribution in [3.05, 3.63) is 70.8 Å². The minimum Gasteiger partial charge on any atom is -0.322 e. The summed E-state index contributed by atoms with van der Waals surface area (Å²) in [6.07, 6.45) is 3.39. The van der Waals surface area contributed by atoms with Crippen molar-refractivity contribution in [2.45, 2.75) is 20.8 Å². The van der Waals surface area contributed by atoms with Gasteiger partial charge in [0, 0.05) is 11.8 Å². The number of hydrogen-bond acceptors (Lipinski definition) is 1. The number of rotatable bonds is 3. The predicted molar refractivity (Wildman–Crippen MR) is 84.8 cm³/mol. The molecule has 0 aliphatic heterocycles. The van der Waals surface area contributed by atoms with Gasteiger partial charge in [-0.3, -0.25) is 4.79 Å². The number of aryl methyl sites for hydroxylation is 2. The van der Waals surface area contributed by atoms with Crippen LogP contribution in [0.5, 0.6) is 0 Å². The average molecular weight is 265 g/mol. The van der Waals surface area contributed by atoms with Gasteiger partial charge in [-0.2, -0.15) is 0 Å². The van der Waals surface area contributed by atoms with Crippen molar-refractivity contribution in [1.29, 1.82) is 0 Å². The predicted octanol–water partition coefficient (Wildman–Crippen LogP) is 4.26. The molecule has 0 aromatic heterocycles. The fourth-order valence-electron chi connectivity index (χ4n) is 2.01. The van der Waals surface area contributed by atoms with Gasteiger partial charge < -0.3 is 5.32 Å². The van der Waals surface area contributed by atoms with E-state index in [4.69, 9.17) is 0 Å². The van der Waals surface area contributed by atoms with E-state index in [-0.39, 0.29) is 5.91 Å². The van der Waals surface area contributed by atoms with Crippen LogP contribution in [0.3, 0.4) is 0 Å². The van der Waals surface area contributed by atoms with E-state index in [0.717, 1.165) is 16.8 Å². The van der Waals surface area contributed by atoms with Gasteiger partial charge in [0.25, 0.3) is 0 Å². The largest absolute Gasteiger partial charge is 0.322 e. The smallest absolute Gasteiger partial charge is 0.248 e. The van der Waals surface area contributed by atoms with Crippen LogP contribution >= 0.6 is 0 Å². The van der Waals surface area contributed by atoms with Gasteiger partial charge in [0.05, 0.1) is 0 Å². The fraction of sp³-hybridized carbons (Fsp3) is 0.167.